The lowest BCUT2D eigenvalue weighted by atomic mass is 10.1. The van der Waals surface area contributed by atoms with E-state index in [1.54, 1.807) is 0 Å². The fourth-order valence-corrected chi connectivity index (χ4v) is 1.17. The fourth-order valence-electron chi connectivity index (χ4n) is 1.04. The van der Waals surface area contributed by atoms with Gasteiger partial charge in [0.15, 0.2) is 0 Å². The van der Waals surface area contributed by atoms with Crippen LogP contribution < -0.4 is 5.73 Å². The molecule has 15 heavy (non-hydrogen) atoms. The standard InChI is InChI=1S/C10H8ClNO3/c11-7-3-1-6(2-4-7)8(10(14)15)5-9(12)13/h1-5H,(H2,12,13)(H,14,15). The number of benzene rings is 1. The number of halogens is 1. The summed E-state index contributed by atoms with van der Waals surface area (Å²) in [6.45, 7) is 0. The molecule has 1 aromatic carbocycles. The van der Waals surface area contributed by atoms with E-state index in [2.05, 4.69) is 0 Å². The second kappa shape index (κ2) is 4.61. The third-order valence-corrected chi connectivity index (χ3v) is 1.92. The maximum Gasteiger partial charge on any atom is 0.336 e. The summed E-state index contributed by atoms with van der Waals surface area (Å²) in [7, 11) is 0. The minimum Gasteiger partial charge on any atom is -0.478 e. The Hall–Kier alpha value is -1.81. The monoisotopic (exact) mass is 225 g/mol. The number of carbonyl (C=O) groups excluding carboxylic acids is 1. The lowest BCUT2D eigenvalue weighted by Gasteiger charge is -2.01. The second-order valence-electron chi connectivity index (χ2n) is 2.77. The van der Waals surface area contributed by atoms with Crippen LogP contribution in [-0.4, -0.2) is 17.0 Å². The van der Waals surface area contributed by atoms with Gasteiger partial charge in [0.1, 0.15) is 0 Å². The van der Waals surface area contributed by atoms with Crippen LogP contribution in [0.2, 0.25) is 5.02 Å². The molecule has 0 aliphatic rings. The van der Waals surface area contributed by atoms with Gasteiger partial charge in [0.2, 0.25) is 5.91 Å². The number of rotatable bonds is 3. The molecule has 5 heteroatoms. The molecule has 0 aromatic heterocycles. The van der Waals surface area contributed by atoms with E-state index >= 15 is 0 Å². The fraction of sp³-hybridized carbons (Fsp3) is 0. The largest absolute Gasteiger partial charge is 0.478 e. The third-order valence-electron chi connectivity index (χ3n) is 1.67. The number of carboxylic acid groups (broad SMARTS) is 1. The molecule has 1 rings (SSSR count). The molecule has 0 unspecified atom stereocenters. The van der Waals surface area contributed by atoms with Crippen LogP contribution >= 0.6 is 11.6 Å². The molecule has 0 bridgehead atoms. The van der Waals surface area contributed by atoms with Crippen molar-refractivity contribution in [2.75, 3.05) is 0 Å². The average molecular weight is 226 g/mol. The van der Waals surface area contributed by atoms with Crippen molar-refractivity contribution >= 4 is 29.1 Å². The van der Waals surface area contributed by atoms with E-state index in [9.17, 15) is 9.59 Å². The van der Waals surface area contributed by atoms with Gasteiger partial charge < -0.3 is 10.8 Å². The molecular formula is C10H8ClNO3. The van der Waals surface area contributed by atoms with Gasteiger partial charge in [-0.1, -0.05) is 23.7 Å². The summed E-state index contributed by atoms with van der Waals surface area (Å²) in [5.41, 5.74) is 5.12. The summed E-state index contributed by atoms with van der Waals surface area (Å²) < 4.78 is 0. The summed E-state index contributed by atoms with van der Waals surface area (Å²) >= 11 is 5.64. The minimum atomic E-state index is -1.21. The van der Waals surface area contributed by atoms with Crippen LogP contribution in [0.1, 0.15) is 5.56 Å². The molecule has 0 radical (unpaired) electrons. The van der Waals surface area contributed by atoms with Crippen molar-refractivity contribution in [3.63, 3.8) is 0 Å². The van der Waals surface area contributed by atoms with Crippen LogP contribution in [0.25, 0.3) is 5.57 Å². The summed E-state index contributed by atoms with van der Waals surface area (Å²) in [6.07, 6.45) is 0.867. The Kier molecular flexibility index (Phi) is 3.46. The SMILES string of the molecule is NC(=O)C=C(C(=O)O)c1ccc(Cl)cc1. The first-order valence-corrected chi connectivity index (χ1v) is 4.39. The van der Waals surface area contributed by atoms with Gasteiger partial charge in [0.25, 0.3) is 0 Å². The highest BCUT2D eigenvalue weighted by Gasteiger charge is 2.11. The van der Waals surface area contributed by atoms with Crippen LogP contribution in [0.3, 0.4) is 0 Å². The molecule has 0 aliphatic carbocycles. The van der Waals surface area contributed by atoms with Gasteiger partial charge in [0.05, 0.1) is 5.57 Å². The van der Waals surface area contributed by atoms with Gasteiger partial charge in [-0.05, 0) is 17.7 Å². The molecule has 0 atom stereocenters. The van der Waals surface area contributed by atoms with Gasteiger partial charge in [-0.3, -0.25) is 4.79 Å². The number of carboxylic acids is 1. The molecule has 0 saturated heterocycles. The lowest BCUT2D eigenvalue weighted by molar-refractivity contribution is -0.130. The van der Waals surface area contributed by atoms with Crippen LogP contribution in [0.15, 0.2) is 30.3 Å². The minimum absolute atomic E-state index is 0.154. The van der Waals surface area contributed by atoms with Crippen LogP contribution in [-0.2, 0) is 9.59 Å². The molecule has 0 aliphatic heterocycles. The molecule has 78 valence electrons. The van der Waals surface area contributed by atoms with Crippen molar-refractivity contribution in [2.24, 2.45) is 5.73 Å². The summed E-state index contributed by atoms with van der Waals surface area (Å²) in [6, 6.07) is 6.08. The average Bonchev–Trinajstić information content (AvgIpc) is 2.15. The van der Waals surface area contributed by atoms with Gasteiger partial charge in [-0.25, -0.2) is 4.79 Å². The van der Waals surface area contributed by atoms with E-state index in [-0.39, 0.29) is 5.57 Å². The highest BCUT2D eigenvalue weighted by atomic mass is 35.5. The Labute approximate surface area is 91.0 Å². The quantitative estimate of drug-likeness (QED) is 0.761. The Bertz CT molecular complexity index is 423. The zero-order chi connectivity index (χ0) is 11.4. The van der Waals surface area contributed by atoms with E-state index in [0.29, 0.717) is 10.6 Å². The first kappa shape index (κ1) is 11.3. The van der Waals surface area contributed by atoms with E-state index in [1.807, 2.05) is 0 Å². The van der Waals surface area contributed by atoms with E-state index in [4.69, 9.17) is 22.4 Å². The normalized spacial score (nSPS) is 11.1. The van der Waals surface area contributed by atoms with Crippen molar-refractivity contribution in [1.29, 1.82) is 0 Å². The molecule has 0 saturated carbocycles. The number of hydrogen-bond acceptors (Lipinski definition) is 2. The summed E-state index contributed by atoms with van der Waals surface area (Å²) in [5.74, 6) is -2.02. The maximum atomic E-state index is 10.8. The molecule has 0 spiro atoms. The number of carbonyl (C=O) groups is 2. The van der Waals surface area contributed by atoms with Crippen molar-refractivity contribution in [1.82, 2.24) is 0 Å². The van der Waals surface area contributed by atoms with Crippen LogP contribution in [0.5, 0.6) is 0 Å². The Morgan fingerprint density at radius 1 is 1.27 bits per heavy atom. The van der Waals surface area contributed by atoms with Crippen LogP contribution in [0.4, 0.5) is 0 Å². The molecule has 0 fully saturated rings. The first-order chi connectivity index (χ1) is 7.00. The molecule has 3 N–H and O–H groups in total. The first-order valence-electron chi connectivity index (χ1n) is 4.01. The Morgan fingerprint density at radius 2 is 1.80 bits per heavy atom. The molecule has 0 heterocycles. The zero-order valence-electron chi connectivity index (χ0n) is 7.61. The van der Waals surface area contributed by atoms with E-state index < -0.39 is 11.9 Å². The maximum absolute atomic E-state index is 10.8. The van der Waals surface area contributed by atoms with Gasteiger partial charge in [-0.2, -0.15) is 0 Å². The highest BCUT2D eigenvalue weighted by molar-refractivity contribution is 6.30. The third kappa shape index (κ3) is 3.11. The number of primary amides is 1. The predicted octanol–water partition coefficient (Wildman–Crippen LogP) is 1.29. The van der Waals surface area contributed by atoms with Crippen molar-refractivity contribution in [2.45, 2.75) is 0 Å². The predicted molar refractivity (Wildman–Crippen MR) is 56.3 cm³/mol. The highest BCUT2D eigenvalue weighted by Crippen LogP contribution is 2.17. The van der Waals surface area contributed by atoms with Gasteiger partial charge in [0, 0.05) is 11.1 Å². The van der Waals surface area contributed by atoms with Crippen LogP contribution in [0, 0.1) is 0 Å². The van der Waals surface area contributed by atoms with Gasteiger partial charge in [-0.15, -0.1) is 0 Å². The van der Waals surface area contributed by atoms with E-state index in [0.717, 1.165) is 6.08 Å². The van der Waals surface area contributed by atoms with Gasteiger partial charge >= 0.3 is 5.97 Å². The van der Waals surface area contributed by atoms with E-state index in [1.165, 1.54) is 24.3 Å². The lowest BCUT2D eigenvalue weighted by Crippen LogP contribution is -2.10. The molecule has 1 amide bonds. The summed E-state index contributed by atoms with van der Waals surface area (Å²) in [5, 5.41) is 9.32. The Balaban J connectivity index is 3.16. The topological polar surface area (TPSA) is 80.4 Å². The van der Waals surface area contributed by atoms with Crippen molar-refractivity contribution < 1.29 is 14.7 Å². The smallest absolute Gasteiger partial charge is 0.336 e. The molecule has 4 nitrogen and oxygen atoms in total. The zero-order valence-corrected chi connectivity index (χ0v) is 8.36. The second-order valence-corrected chi connectivity index (χ2v) is 3.21. The number of nitrogens with two attached hydrogens (primary N) is 1. The molecule has 1 aromatic rings. The van der Waals surface area contributed by atoms with Crippen molar-refractivity contribution in [3.8, 4) is 0 Å². The number of amides is 1. The Morgan fingerprint density at radius 3 is 2.20 bits per heavy atom. The number of aliphatic carboxylic acids is 1. The number of hydrogen-bond donors (Lipinski definition) is 2. The summed E-state index contributed by atoms with van der Waals surface area (Å²) in [4.78, 5) is 21.4. The van der Waals surface area contributed by atoms with Crippen molar-refractivity contribution in [3.05, 3.63) is 40.9 Å². The molecular weight excluding hydrogens is 218 g/mol.